The molecule has 2 rings (SSSR count). The normalized spacial score (nSPS) is 12.6. The summed E-state index contributed by atoms with van der Waals surface area (Å²) in [5.74, 6) is 0.459. The predicted molar refractivity (Wildman–Crippen MR) is 114 cm³/mol. The van der Waals surface area contributed by atoms with E-state index in [4.69, 9.17) is 0 Å². The molecule has 25 heavy (non-hydrogen) atoms. The highest BCUT2D eigenvalue weighted by Crippen LogP contribution is 2.40. The van der Waals surface area contributed by atoms with Crippen LogP contribution in [0.4, 0.5) is 0 Å². The Morgan fingerprint density at radius 2 is 1.44 bits per heavy atom. The van der Waals surface area contributed by atoms with Crippen molar-refractivity contribution < 1.29 is 5.11 Å². The molecule has 1 aromatic heterocycles. The molecule has 0 aliphatic rings. The number of phenolic OH excluding ortho intramolecular Hbond substituents is 1. The molecule has 0 atom stereocenters. The van der Waals surface area contributed by atoms with Crippen molar-refractivity contribution in [1.29, 1.82) is 0 Å². The first-order valence-electron chi connectivity index (χ1n) is 8.79. The summed E-state index contributed by atoms with van der Waals surface area (Å²) in [5, 5.41) is 10.8. The number of nitrogens with one attached hydrogen (secondary N) is 1. The van der Waals surface area contributed by atoms with Crippen molar-refractivity contribution in [2.45, 2.75) is 71.6 Å². The number of hydrogen-bond donors (Lipinski definition) is 2. The molecule has 0 bridgehead atoms. The van der Waals surface area contributed by atoms with Crippen LogP contribution in [0.3, 0.4) is 0 Å². The Bertz CT molecular complexity index is 713. The monoisotopic (exact) mass is 469 g/mol. The number of hydrogen-bond acceptors (Lipinski definition) is 1. The molecule has 0 amide bonds. The topological polar surface area (TPSA) is 36.0 Å². The lowest BCUT2D eigenvalue weighted by molar-refractivity contribution is 0.422. The van der Waals surface area contributed by atoms with Crippen LogP contribution in [0.15, 0.2) is 27.4 Å². The fourth-order valence-corrected chi connectivity index (χ4v) is 3.86. The van der Waals surface area contributed by atoms with E-state index in [0.29, 0.717) is 5.75 Å². The van der Waals surface area contributed by atoms with Crippen LogP contribution >= 0.6 is 31.9 Å². The van der Waals surface area contributed by atoms with E-state index in [1.54, 1.807) is 0 Å². The van der Waals surface area contributed by atoms with Crippen molar-refractivity contribution in [3.8, 4) is 5.75 Å². The molecule has 0 spiro atoms. The van der Waals surface area contributed by atoms with Crippen molar-refractivity contribution >= 4 is 31.9 Å². The fourth-order valence-electron chi connectivity index (χ4n) is 3.07. The molecule has 1 heterocycles. The minimum atomic E-state index is -0.0748. The fraction of sp³-hybridized carbons (Fsp3) is 0.524. The van der Waals surface area contributed by atoms with Gasteiger partial charge in [0.2, 0.25) is 0 Å². The summed E-state index contributed by atoms with van der Waals surface area (Å²) in [6.45, 7) is 13.0. The quantitative estimate of drug-likeness (QED) is 0.494. The lowest BCUT2D eigenvalue weighted by atomic mass is 9.78. The average Bonchev–Trinajstić information content (AvgIpc) is 2.78. The highest BCUT2D eigenvalue weighted by Gasteiger charge is 2.26. The van der Waals surface area contributed by atoms with Gasteiger partial charge in [-0.25, -0.2) is 0 Å². The molecule has 1 aromatic carbocycles. The molecule has 4 heteroatoms. The van der Waals surface area contributed by atoms with Gasteiger partial charge < -0.3 is 10.1 Å². The molecule has 2 N–H and O–H groups in total. The second-order valence-corrected chi connectivity index (χ2v) is 10.4. The maximum Gasteiger partial charge on any atom is 0.123 e. The second kappa shape index (κ2) is 7.48. The van der Waals surface area contributed by atoms with E-state index >= 15 is 0 Å². The molecular weight excluding hydrogens is 442 g/mol. The summed E-state index contributed by atoms with van der Waals surface area (Å²) >= 11 is 7.10. The Morgan fingerprint density at radius 3 is 1.84 bits per heavy atom. The van der Waals surface area contributed by atoms with Gasteiger partial charge in [0.25, 0.3) is 0 Å². The lowest BCUT2D eigenvalue weighted by Crippen LogP contribution is -2.18. The first kappa shape index (κ1) is 20.6. The summed E-state index contributed by atoms with van der Waals surface area (Å²) in [4.78, 5) is 3.19. The van der Waals surface area contributed by atoms with Gasteiger partial charge in [-0.15, -0.1) is 0 Å². The van der Waals surface area contributed by atoms with Crippen LogP contribution < -0.4 is 0 Å². The Labute approximate surface area is 168 Å². The molecule has 0 fully saturated rings. The van der Waals surface area contributed by atoms with Crippen molar-refractivity contribution in [2.75, 3.05) is 0 Å². The number of aromatic nitrogens is 1. The van der Waals surface area contributed by atoms with Crippen LogP contribution in [0.2, 0.25) is 0 Å². The molecule has 0 aliphatic heterocycles. The third-order valence-corrected chi connectivity index (χ3v) is 6.61. The Hall–Kier alpha value is -0.740. The highest BCUT2D eigenvalue weighted by molar-refractivity contribution is 9.13. The molecule has 0 saturated carbocycles. The van der Waals surface area contributed by atoms with Crippen molar-refractivity contribution in [3.05, 3.63) is 49.7 Å². The van der Waals surface area contributed by atoms with E-state index in [1.165, 1.54) is 11.1 Å². The number of halogens is 2. The van der Waals surface area contributed by atoms with Crippen molar-refractivity contribution in [1.82, 2.24) is 4.98 Å². The van der Waals surface area contributed by atoms with E-state index in [2.05, 4.69) is 90.5 Å². The largest absolute Gasteiger partial charge is 0.507 e. The van der Waals surface area contributed by atoms with Gasteiger partial charge in [-0.2, -0.15) is 0 Å². The predicted octanol–water partition coefficient (Wildman–Crippen LogP) is 7.02. The zero-order chi connectivity index (χ0) is 19.0. The molecule has 0 saturated heterocycles. The number of aromatic amines is 1. The van der Waals surface area contributed by atoms with Gasteiger partial charge in [0.15, 0.2) is 0 Å². The maximum absolute atomic E-state index is 10.8. The van der Waals surface area contributed by atoms with Gasteiger partial charge in [-0.05, 0) is 84.2 Å². The summed E-state index contributed by atoms with van der Waals surface area (Å²) in [6, 6.07) is 4.37. The molecular formula is C21H29Br2NO. The van der Waals surface area contributed by atoms with E-state index in [0.717, 1.165) is 39.5 Å². The first-order chi connectivity index (χ1) is 11.4. The molecule has 0 radical (unpaired) electrons. The van der Waals surface area contributed by atoms with E-state index in [9.17, 15) is 5.11 Å². The van der Waals surface area contributed by atoms with Crippen LogP contribution in [0.25, 0.3) is 0 Å². The Morgan fingerprint density at radius 1 is 0.920 bits per heavy atom. The van der Waals surface area contributed by atoms with Crippen LogP contribution in [-0.4, -0.2) is 10.1 Å². The van der Waals surface area contributed by atoms with Crippen LogP contribution in [-0.2, 0) is 23.7 Å². The van der Waals surface area contributed by atoms with Crippen molar-refractivity contribution in [2.24, 2.45) is 0 Å². The Kier molecular flexibility index (Phi) is 6.15. The summed E-state index contributed by atoms with van der Waals surface area (Å²) in [5.41, 5.74) is 4.53. The second-order valence-electron chi connectivity index (χ2n) is 8.83. The molecule has 2 nitrogen and oxygen atoms in total. The van der Waals surface area contributed by atoms with E-state index < -0.39 is 0 Å². The smallest absolute Gasteiger partial charge is 0.123 e. The number of aryl methyl sites for hydroxylation is 2. The SMILES string of the molecule is CC(C)(C)c1cc(CCCc2c[nH]c(Br)c2Br)cc(C(C)(C)C)c1O. The highest BCUT2D eigenvalue weighted by atomic mass is 79.9. The zero-order valence-electron chi connectivity index (χ0n) is 16.1. The molecule has 2 aromatic rings. The molecule has 138 valence electrons. The first-order valence-corrected chi connectivity index (χ1v) is 10.4. The van der Waals surface area contributed by atoms with Gasteiger partial charge in [0.1, 0.15) is 5.75 Å². The average molecular weight is 471 g/mol. The van der Waals surface area contributed by atoms with Crippen LogP contribution in [0, 0.1) is 0 Å². The van der Waals surface area contributed by atoms with E-state index in [-0.39, 0.29) is 10.8 Å². The van der Waals surface area contributed by atoms with E-state index in [1.807, 2.05) is 6.20 Å². The third-order valence-electron chi connectivity index (χ3n) is 4.55. The number of H-pyrrole nitrogens is 1. The summed E-state index contributed by atoms with van der Waals surface area (Å²) in [7, 11) is 0. The minimum absolute atomic E-state index is 0.0748. The summed E-state index contributed by atoms with van der Waals surface area (Å²) in [6.07, 6.45) is 5.13. The van der Waals surface area contributed by atoms with Gasteiger partial charge in [-0.3, -0.25) is 0 Å². The maximum atomic E-state index is 10.8. The third kappa shape index (κ3) is 4.91. The standard InChI is InChI=1S/C21H29Br2NO/c1-20(2,3)15-10-13(11-16(18(15)25)21(4,5)6)8-7-9-14-12-24-19(23)17(14)22/h10-12,24-25H,7-9H2,1-6H3. The summed E-state index contributed by atoms with van der Waals surface area (Å²) < 4.78 is 2.11. The lowest BCUT2D eigenvalue weighted by Gasteiger charge is -2.28. The van der Waals surface area contributed by atoms with Gasteiger partial charge in [0, 0.05) is 6.20 Å². The Balaban J connectivity index is 2.27. The molecule has 0 unspecified atom stereocenters. The number of benzene rings is 1. The van der Waals surface area contributed by atoms with Crippen LogP contribution in [0.5, 0.6) is 5.75 Å². The number of phenols is 1. The van der Waals surface area contributed by atoms with Crippen LogP contribution in [0.1, 0.15) is 70.2 Å². The number of aromatic hydroxyl groups is 1. The minimum Gasteiger partial charge on any atom is -0.507 e. The van der Waals surface area contributed by atoms with Gasteiger partial charge >= 0.3 is 0 Å². The molecule has 0 aliphatic carbocycles. The zero-order valence-corrected chi connectivity index (χ0v) is 19.2. The van der Waals surface area contributed by atoms with Crippen molar-refractivity contribution in [3.63, 3.8) is 0 Å². The van der Waals surface area contributed by atoms with Gasteiger partial charge in [-0.1, -0.05) is 53.7 Å². The number of rotatable bonds is 4. The van der Waals surface area contributed by atoms with Gasteiger partial charge in [0.05, 0.1) is 9.08 Å².